The number of nitrogens with one attached hydrogen (secondary N) is 4. The van der Waals surface area contributed by atoms with Gasteiger partial charge in [-0.1, -0.05) is 6.92 Å². The van der Waals surface area contributed by atoms with Crippen LogP contribution < -0.4 is 21.5 Å². The third-order valence-corrected chi connectivity index (χ3v) is 2.77. The van der Waals surface area contributed by atoms with Crippen molar-refractivity contribution < 1.29 is 0 Å². The highest BCUT2D eigenvalue weighted by atomic mass is 15.3. The van der Waals surface area contributed by atoms with Crippen LogP contribution in [0.25, 0.3) is 0 Å². The lowest BCUT2D eigenvalue weighted by atomic mass is 10.3. The minimum atomic E-state index is 0.983. The molecule has 0 spiro atoms. The van der Waals surface area contributed by atoms with Crippen LogP contribution in [-0.4, -0.2) is 63.8 Å². The van der Waals surface area contributed by atoms with E-state index in [-0.39, 0.29) is 0 Å². The van der Waals surface area contributed by atoms with Gasteiger partial charge in [-0.2, -0.15) is 0 Å². The molecule has 1 saturated heterocycles. The minimum Gasteiger partial charge on any atom is -0.315 e. The summed E-state index contributed by atoms with van der Waals surface area (Å²) in [5.41, 5.74) is 6.26. The Balaban J connectivity index is 1.77. The fourth-order valence-corrected chi connectivity index (χ4v) is 1.81. The van der Waals surface area contributed by atoms with E-state index in [1.54, 1.807) is 0 Å². The molecule has 0 atom stereocenters. The maximum absolute atomic E-state index is 3.48. The van der Waals surface area contributed by atoms with Crippen LogP contribution >= 0.6 is 0 Å². The zero-order valence-electron chi connectivity index (χ0n) is 10.5. The maximum atomic E-state index is 3.48. The first-order valence-corrected chi connectivity index (χ1v) is 6.53. The summed E-state index contributed by atoms with van der Waals surface area (Å²) in [6, 6.07) is 0. The van der Waals surface area contributed by atoms with Crippen LogP contribution in [0.3, 0.4) is 0 Å². The van der Waals surface area contributed by atoms with Crippen LogP contribution in [0.1, 0.15) is 13.3 Å². The highest BCUT2D eigenvalue weighted by molar-refractivity contribution is 4.68. The summed E-state index contributed by atoms with van der Waals surface area (Å²) in [6.07, 6.45) is 1.18. The van der Waals surface area contributed by atoms with Gasteiger partial charge in [0.25, 0.3) is 0 Å². The second-order valence-corrected chi connectivity index (χ2v) is 4.15. The van der Waals surface area contributed by atoms with Gasteiger partial charge in [-0.25, -0.2) is 0 Å². The van der Waals surface area contributed by atoms with E-state index in [0.29, 0.717) is 0 Å². The molecule has 0 aromatic heterocycles. The van der Waals surface area contributed by atoms with Gasteiger partial charge in [0.15, 0.2) is 0 Å². The van der Waals surface area contributed by atoms with Crippen molar-refractivity contribution >= 4 is 0 Å². The molecule has 96 valence electrons. The van der Waals surface area contributed by atoms with Gasteiger partial charge < -0.3 is 10.6 Å². The second kappa shape index (κ2) is 9.99. The van der Waals surface area contributed by atoms with Crippen molar-refractivity contribution in [2.24, 2.45) is 0 Å². The summed E-state index contributed by atoms with van der Waals surface area (Å²) in [4.78, 5) is 2.51. The van der Waals surface area contributed by atoms with Gasteiger partial charge in [-0.15, -0.1) is 0 Å². The molecule has 0 aliphatic carbocycles. The number of piperazine rings is 1. The van der Waals surface area contributed by atoms with Crippen molar-refractivity contribution in [3.05, 3.63) is 0 Å². The molecule has 0 amide bonds. The summed E-state index contributed by atoms with van der Waals surface area (Å²) in [5.74, 6) is 0. The monoisotopic (exact) mass is 229 g/mol. The molecular formula is C11H27N5. The highest BCUT2D eigenvalue weighted by Gasteiger charge is 2.07. The molecule has 0 aromatic rings. The van der Waals surface area contributed by atoms with Crippen molar-refractivity contribution in [2.45, 2.75) is 13.3 Å². The third-order valence-electron chi connectivity index (χ3n) is 2.77. The molecule has 4 N–H and O–H groups in total. The SMILES string of the molecule is CCNNCCCNCCN1CCNCC1. The van der Waals surface area contributed by atoms with Crippen molar-refractivity contribution in [3.8, 4) is 0 Å². The molecule has 0 unspecified atom stereocenters. The van der Waals surface area contributed by atoms with Gasteiger partial charge in [0.05, 0.1) is 0 Å². The van der Waals surface area contributed by atoms with Gasteiger partial charge in [0.2, 0.25) is 0 Å². The van der Waals surface area contributed by atoms with E-state index in [1.807, 2.05) is 0 Å². The summed E-state index contributed by atoms with van der Waals surface area (Å²) in [7, 11) is 0. The fraction of sp³-hybridized carbons (Fsp3) is 1.00. The van der Waals surface area contributed by atoms with Crippen molar-refractivity contribution in [1.29, 1.82) is 0 Å². The van der Waals surface area contributed by atoms with Crippen LogP contribution in [0.15, 0.2) is 0 Å². The van der Waals surface area contributed by atoms with E-state index in [9.17, 15) is 0 Å². The Morgan fingerprint density at radius 1 is 1.06 bits per heavy atom. The topological polar surface area (TPSA) is 51.4 Å². The molecule has 16 heavy (non-hydrogen) atoms. The number of rotatable bonds is 9. The predicted molar refractivity (Wildman–Crippen MR) is 68.5 cm³/mol. The largest absolute Gasteiger partial charge is 0.315 e. The minimum absolute atomic E-state index is 0.983. The molecular weight excluding hydrogens is 202 g/mol. The average Bonchev–Trinajstić information content (AvgIpc) is 2.34. The Labute approximate surface area is 99.3 Å². The molecule has 5 nitrogen and oxygen atoms in total. The van der Waals surface area contributed by atoms with Gasteiger partial charge >= 0.3 is 0 Å². The molecule has 1 fully saturated rings. The Morgan fingerprint density at radius 2 is 1.88 bits per heavy atom. The number of hydrogen-bond donors (Lipinski definition) is 4. The molecule has 5 heteroatoms. The molecule has 0 saturated carbocycles. The van der Waals surface area contributed by atoms with E-state index in [4.69, 9.17) is 0 Å². The molecule has 1 aliphatic rings. The quantitative estimate of drug-likeness (QED) is 0.301. The van der Waals surface area contributed by atoms with Gasteiger partial charge in [-0.3, -0.25) is 15.8 Å². The zero-order valence-corrected chi connectivity index (χ0v) is 10.5. The molecule has 1 heterocycles. The van der Waals surface area contributed by atoms with E-state index in [1.165, 1.54) is 26.1 Å². The maximum Gasteiger partial charge on any atom is 0.0112 e. The smallest absolute Gasteiger partial charge is 0.0112 e. The van der Waals surface area contributed by atoms with Gasteiger partial charge in [0, 0.05) is 52.4 Å². The molecule has 0 radical (unpaired) electrons. The van der Waals surface area contributed by atoms with Crippen LogP contribution in [0.5, 0.6) is 0 Å². The van der Waals surface area contributed by atoms with Gasteiger partial charge in [0.1, 0.15) is 0 Å². The van der Waals surface area contributed by atoms with Crippen molar-refractivity contribution in [1.82, 2.24) is 26.4 Å². The average molecular weight is 229 g/mol. The van der Waals surface area contributed by atoms with Crippen LogP contribution in [-0.2, 0) is 0 Å². The number of hydrogen-bond acceptors (Lipinski definition) is 5. The third kappa shape index (κ3) is 7.14. The van der Waals surface area contributed by atoms with Crippen molar-refractivity contribution in [3.63, 3.8) is 0 Å². The first-order valence-electron chi connectivity index (χ1n) is 6.53. The van der Waals surface area contributed by atoms with Crippen molar-refractivity contribution in [2.75, 3.05) is 58.9 Å². The normalized spacial score (nSPS) is 17.8. The van der Waals surface area contributed by atoms with Gasteiger partial charge in [-0.05, 0) is 13.0 Å². The Hall–Kier alpha value is -0.200. The van der Waals surface area contributed by atoms with E-state index >= 15 is 0 Å². The molecule has 0 aromatic carbocycles. The lowest BCUT2D eigenvalue weighted by molar-refractivity contribution is 0.241. The first kappa shape index (κ1) is 13.9. The lowest BCUT2D eigenvalue weighted by Crippen LogP contribution is -2.45. The number of nitrogens with zero attached hydrogens (tertiary/aromatic N) is 1. The first-order chi connectivity index (χ1) is 7.93. The predicted octanol–water partition coefficient (Wildman–Crippen LogP) is -1.01. The van der Waals surface area contributed by atoms with E-state index < -0.39 is 0 Å². The van der Waals surface area contributed by atoms with Crippen LogP contribution in [0.2, 0.25) is 0 Å². The van der Waals surface area contributed by atoms with E-state index in [0.717, 1.165) is 39.3 Å². The summed E-state index contributed by atoms with van der Waals surface area (Å²) < 4.78 is 0. The summed E-state index contributed by atoms with van der Waals surface area (Å²) in [5, 5.41) is 6.85. The van der Waals surface area contributed by atoms with E-state index in [2.05, 4.69) is 33.3 Å². The molecule has 1 aliphatic heterocycles. The summed E-state index contributed by atoms with van der Waals surface area (Å²) in [6.45, 7) is 12.2. The van der Waals surface area contributed by atoms with Crippen LogP contribution in [0, 0.1) is 0 Å². The van der Waals surface area contributed by atoms with Crippen LogP contribution in [0.4, 0.5) is 0 Å². The number of hydrazine groups is 1. The lowest BCUT2D eigenvalue weighted by Gasteiger charge is -2.27. The fourth-order valence-electron chi connectivity index (χ4n) is 1.81. The Kier molecular flexibility index (Phi) is 8.65. The Morgan fingerprint density at radius 3 is 2.62 bits per heavy atom. The summed E-state index contributed by atoms with van der Waals surface area (Å²) >= 11 is 0. The molecule has 1 rings (SSSR count). The standard InChI is InChI=1S/C11H27N5/c1-2-14-15-5-3-4-12-6-9-16-10-7-13-8-11-16/h12-15H,2-11H2,1H3. The second-order valence-electron chi connectivity index (χ2n) is 4.15. The zero-order chi connectivity index (χ0) is 11.5. The highest BCUT2D eigenvalue weighted by Crippen LogP contribution is 1.89. The Bertz CT molecular complexity index is 147. The molecule has 0 bridgehead atoms.